The summed E-state index contributed by atoms with van der Waals surface area (Å²) in [5.41, 5.74) is 8.60. The van der Waals surface area contributed by atoms with Gasteiger partial charge in [0.25, 0.3) is 5.92 Å². The summed E-state index contributed by atoms with van der Waals surface area (Å²) >= 11 is 0. The van der Waals surface area contributed by atoms with Crippen molar-refractivity contribution < 1.29 is 8.78 Å². The molecule has 1 aliphatic rings. The Labute approximate surface area is 200 Å². The van der Waals surface area contributed by atoms with Crippen LogP contribution in [0.15, 0.2) is 24.3 Å². The van der Waals surface area contributed by atoms with Crippen LogP contribution in [0.3, 0.4) is 0 Å². The Balaban J connectivity index is 1.70. The minimum absolute atomic E-state index is 0.190. The van der Waals surface area contributed by atoms with Crippen LogP contribution in [-0.4, -0.2) is 56.3 Å². The van der Waals surface area contributed by atoms with E-state index in [9.17, 15) is 8.78 Å². The molecule has 0 aliphatic carbocycles. The SMILES string of the molecule is CC(C)(C)c1nc(N2CCC(F)(F)C2)c2nnn(Cc3ccccc3CSSCCN)c2n1. The average molecular weight is 494 g/mol. The van der Waals surface area contributed by atoms with E-state index in [1.165, 1.54) is 5.56 Å². The maximum absolute atomic E-state index is 14.0. The number of nitrogens with zero attached hydrogens (tertiary/aromatic N) is 6. The molecule has 0 atom stereocenters. The second-order valence-electron chi connectivity index (χ2n) is 9.21. The number of nitrogens with two attached hydrogens (primary N) is 1. The molecule has 3 heterocycles. The predicted octanol–water partition coefficient (Wildman–Crippen LogP) is 4.25. The van der Waals surface area contributed by atoms with E-state index in [1.807, 2.05) is 32.9 Å². The quantitative estimate of drug-likeness (QED) is 0.368. The van der Waals surface area contributed by atoms with E-state index in [1.54, 1.807) is 31.2 Å². The molecule has 1 aromatic carbocycles. The third kappa shape index (κ3) is 5.58. The standard InChI is InChI=1S/C22H29F2N7S2/c1-21(2,3)20-26-18(30-10-8-22(23,24)14-30)17-19(27-20)31(29-28-17)12-15-6-4-5-7-16(15)13-33-32-11-9-25/h4-7H,8-14,25H2,1-3H3. The van der Waals surface area contributed by atoms with Crippen LogP contribution in [0.2, 0.25) is 0 Å². The summed E-state index contributed by atoms with van der Waals surface area (Å²) in [6.07, 6.45) is -0.190. The van der Waals surface area contributed by atoms with Crippen LogP contribution in [0.4, 0.5) is 14.6 Å². The molecule has 1 saturated heterocycles. The lowest BCUT2D eigenvalue weighted by Gasteiger charge is -2.22. The molecule has 4 rings (SSSR count). The van der Waals surface area contributed by atoms with Gasteiger partial charge in [0.2, 0.25) is 0 Å². The van der Waals surface area contributed by atoms with Crippen molar-refractivity contribution in [1.29, 1.82) is 0 Å². The maximum atomic E-state index is 14.0. The van der Waals surface area contributed by atoms with Crippen LogP contribution in [0, 0.1) is 0 Å². The third-order valence-electron chi connectivity index (χ3n) is 5.42. The van der Waals surface area contributed by atoms with Crippen molar-refractivity contribution >= 4 is 38.6 Å². The molecule has 3 aromatic rings. The van der Waals surface area contributed by atoms with E-state index < -0.39 is 5.92 Å². The van der Waals surface area contributed by atoms with Crippen LogP contribution in [0.5, 0.6) is 0 Å². The number of benzene rings is 1. The molecule has 2 N–H and O–H groups in total. The van der Waals surface area contributed by atoms with Gasteiger partial charge in [-0.05, 0) is 11.1 Å². The third-order valence-corrected chi connectivity index (χ3v) is 7.77. The van der Waals surface area contributed by atoms with Gasteiger partial charge in [0.1, 0.15) is 5.82 Å². The zero-order chi connectivity index (χ0) is 23.6. The second-order valence-corrected chi connectivity index (χ2v) is 11.8. The second kappa shape index (κ2) is 9.71. The number of aromatic nitrogens is 5. The van der Waals surface area contributed by atoms with Crippen LogP contribution >= 0.6 is 21.6 Å². The highest BCUT2D eigenvalue weighted by atomic mass is 33.1. The first-order valence-corrected chi connectivity index (χ1v) is 13.4. The molecule has 7 nitrogen and oxygen atoms in total. The Bertz CT molecular complexity index is 1110. The van der Waals surface area contributed by atoms with Crippen molar-refractivity contribution in [1.82, 2.24) is 25.0 Å². The van der Waals surface area contributed by atoms with Crippen LogP contribution in [0.1, 0.15) is 44.1 Å². The molecule has 1 aliphatic heterocycles. The molecule has 11 heteroatoms. The first-order valence-electron chi connectivity index (χ1n) is 10.9. The summed E-state index contributed by atoms with van der Waals surface area (Å²) in [6.45, 7) is 7.05. The number of halogens is 2. The summed E-state index contributed by atoms with van der Waals surface area (Å²) < 4.78 is 29.7. The summed E-state index contributed by atoms with van der Waals surface area (Å²) in [7, 11) is 3.53. The van der Waals surface area contributed by atoms with Gasteiger partial charge in [-0.15, -0.1) is 5.10 Å². The van der Waals surface area contributed by atoms with Gasteiger partial charge in [0.05, 0.1) is 13.1 Å². The highest BCUT2D eigenvalue weighted by Crippen LogP contribution is 2.34. The minimum atomic E-state index is -2.73. The van der Waals surface area contributed by atoms with E-state index in [2.05, 4.69) is 27.4 Å². The van der Waals surface area contributed by atoms with E-state index in [0.29, 0.717) is 35.9 Å². The molecule has 0 saturated carbocycles. The minimum Gasteiger partial charge on any atom is -0.348 e. The largest absolute Gasteiger partial charge is 0.348 e. The van der Waals surface area contributed by atoms with E-state index in [4.69, 9.17) is 10.7 Å². The Morgan fingerprint density at radius 1 is 1.12 bits per heavy atom. The van der Waals surface area contributed by atoms with Crippen molar-refractivity contribution in [2.75, 3.05) is 30.3 Å². The van der Waals surface area contributed by atoms with Gasteiger partial charge in [-0.3, -0.25) is 0 Å². The zero-order valence-electron chi connectivity index (χ0n) is 19.1. The lowest BCUT2D eigenvalue weighted by atomic mass is 9.96. The first kappa shape index (κ1) is 24.2. The molecule has 0 radical (unpaired) electrons. The van der Waals surface area contributed by atoms with Crippen molar-refractivity contribution in [3.8, 4) is 0 Å². The molecule has 1 fully saturated rings. The summed E-state index contributed by atoms with van der Waals surface area (Å²) in [5.74, 6) is 0.0595. The normalized spacial score (nSPS) is 16.1. The number of hydrogen-bond donors (Lipinski definition) is 1. The number of rotatable bonds is 8. The van der Waals surface area contributed by atoms with Gasteiger partial charge >= 0.3 is 0 Å². The number of fused-ring (bicyclic) bond motifs is 1. The lowest BCUT2D eigenvalue weighted by molar-refractivity contribution is 0.0257. The summed E-state index contributed by atoms with van der Waals surface area (Å²) in [6, 6.07) is 8.21. The number of anilines is 1. The van der Waals surface area contributed by atoms with E-state index in [0.717, 1.165) is 17.1 Å². The summed E-state index contributed by atoms with van der Waals surface area (Å²) in [5, 5.41) is 8.68. The van der Waals surface area contributed by atoms with Gasteiger partial charge in [0.15, 0.2) is 17.0 Å². The fraction of sp³-hybridized carbons (Fsp3) is 0.545. The number of alkyl halides is 2. The molecule has 0 unspecified atom stereocenters. The molecule has 0 spiro atoms. The van der Waals surface area contributed by atoms with E-state index in [-0.39, 0.29) is 24.9 Å². The smallest absolute Gasteiger partial charge is 0.266 e. The first-order chi connectivity index (χ1) is 15.7. The monoisotopic (exact) mass is 493 g/mol. The van der Waals surface area contributed by atoms with Gasteiger partial charge in [-0.1, -0.05) is 71.8 Å². The fourth-order valence-electron chi connectivity index (χ4n) is 3.65. The summed E-state index contributed by atoms with van der Waals surface area (Å²) in [4.78, 5) is 11.1. The molecule has 0 bridgehead atoms. The van der Waals surface area contributed by atoms with Crippen LogP contribution < -0.4 is 10.6 Å². The fourth-order valence-corrected chi connectivity index (χ4v) is 5.63. The van der Waals surface area contributed by atoms with Crippen LogP contribution in [-0.2, 0) is 17.7 Å². The lowest BCUT2D eigenvalue weighted by Crippen LogP contribution is -2.27. The molecular formula is C22H29F2N7S2. The Kier molecular flexibility index (Phi) is 7.11. The Morgan fingerprint density at radius 3 is 2.55 bits per heavy atom. The van der Waals surface area contributed by atoms with E-state index >= 15 is 0 Å². The van der Waals surface area contributed by atoms with Crippen molar-refractivity contribution in [2.24, 2.45) is 5.73 Å². The highest BCUT2D eigenvalue weighted by molar-refractivity contribution is 8.76. The highest BCUT2D eigenvalue weighted by Gasteiger charge is 2.40. The molecule has 33 heavy (non-hydrogen) atoms. The van der Waals surface area contributed by atoms with Crippen LogP contribution in [0.25, 0.3) is 11.2 Å². The Morgan fingerprint density at radius 2 is 1.88 bits per heavy atom. The van der Waals surface area contributed by atoms with Crippen molar-refractivity contribution in [3.63, 3.8) is 0 Å². The number of hydrogen-bond acceptors (Lipinski definition) is 8. The molecule has 2 aromatic heterocycles. The average Bonchev–Trinajstić information content (AvgIpc) is 3.34. The maximum Gasteiger partial charge on any atom is 0.266 e. The predicted molar refractivity (Wildman–Crippen MR) is 132 cm³/mol. The zero-order valence-corrected chi connectivity index (χ0v) is 20.7. The molecular weight excluding hydrogens is 464 g/mol. The molecule has 178 valence electrons. The van der Waals surface area contributed by atoms with Gasteiger partial charge in [0, 0.05) is 36.4 Å². The van der Waals surface area contributed by atoms with Gasteiger partial charge in [-0.2, -0.15) is 0 Å². The molecule has 0 amide bonds. The van der Waals surface area contributed by atoms with Gasteiger partial charge < -0.3 is 10.6 Å². The van der Waals surface area contributed by atoms with Crippen molar-refractivity contribution in [2.45, 2.75) is 50.8 Å². The topological polar surface area (TPSA) is 85.8 Å². The van der Waals surface area contributed by atoms with Crippen molar-refractivity contribution in [3.05, 3.63) is 41.2 Å². The Hall–Kier alpha value is -1.98. The van der Waals surface area contributed by atoms with Gasteiger partial charge in [-0.25, -0.2) is 23.4 Å².